The van der Waals surface area contributed by atoms with Crippen molar-refractivity contribution in [1.29, 1.82) is 0 Å². The van der Waals surface area contributed by atoms with Crippen molar-refractivity contribution in [2.45, 2.75) is 18.6 Å². The zero-order valence-corrected chi connectivity index (χ0v) is 22.0. The lowest BCUT2D eigenvalue weighted by Gasteiger charge is -2.27. The number of aliphatic hydroxyl groups is 1. The molecule has 2 aliphatic heterocycles. The molecule has 1 fully saturated rings. The minimum Gasteiger partial charge on any atom is -0.391 e. The van der Waals surface area contributed by atoms with E-state index in [-0.39, 0.29) is 17.9 Å². The van der Waals surface area contributed by atoms with Gasteiger partial charge in [0.2, 0.25) is 0 Å². The van der Waals surface area contributed by atoms with Gasteiger partial charge in [-0.1, -0.05) is 72.9 Å². The number of hydrogen-bond donors (Lipinski definition) is 2. The maximum atomic E-state index is 13.8. The number of hydrogen-bond acceptors (Lipinski definition) is 4. The van der Waals surface area contributed by atoms with E-state index < -0.39 is 6.10 Å². The molecule has 39 heavy (non-hydrogen) atoms. The standard InChI is InChI=1S/C32H27N3O3S/c36-25-18-24-19-35(29-13-7-6-12-28(29)32(39)34(24)20-25)31(38)22-14-16-23(17-15-22)33-30(37)27-11-5-4-10-26(27)21-8-2-1-3-9-21/h1-17,24-25,36H,18-20H2,(H,33,37)/t24-,25+/m0/s1. The second-order valence-corrected chi connectivity index (χ2v) is 10.3. The van der Waals surface area contributed by atoms with Crippen LogP contribution in [0.5, 0.6) is 0 Å². The molecule has 194 valence electrons. The Labute approximate surface area is 232 Å². The van der Waals surface area contributed by atoms with E-state index >= 15 is 0 Å². The summed E-state index contributed by atoms with van der Waals surface area (Å²) in [6.07, 6.45) is 0.0953. The van der Waals surface area contributed by atoms with Gasteiger partial charge in [0.15, 0.2) is 0 Å². The summed E-state index contributed by atoms with van der Waals surface area (Å²) in [5.41, 5.74) is 5.09. The van der Waals surface area contributed by atoms with E-state index in [4.69, 9.17) is 12.2 Å². The smallest absolute Gasteiger partial charge is 0.258 e. The van der Waals surface area contributed by atoms with Crippen molar-refractivity contribution in [3.05, 3.63) is 120 Å². The number of aliphatic hydroxyl groups excluding tert-OH is 1. The van der Waals surface area contributed by atoms with Crippen LogP contribution in [0.3, 0.4) is 0 Å². The molecule has 0 aromatic heterocycles. The number of nitrogens with one attached hydrogen (secondary N) is 1. The van der Waals surface area contributed by atoms with E-state index in [9.17, 15) is 14.7 Å². The van der Waals surface area contributed by atoms with Crippen molar-refractivity contribution in [2.24, 2.45) is 0 Å². The average molecular weight is 534 g/mol. The van der Waals surface area contributed by atoms with Gasteiger partial charge in [-0.25, -0.2) is 0 Å². The first-order valence-corrected chi connectivity index (χ1v) is 13.4. The van der Waals surface area contributed by atoms with Crippen LogP contribution in [0.1, 0.15) is 32.7 Å². The first kappa shape index (κ1) is 25.0. The van der Waals surface area contributed by atoms with Crippen LogP contribution < -0.4 is 10.2 Å². The Balaban J connectivity index is 1.24. The number of nitrogens with zero attached hydrogens (tertiary/aromatic N) is 2. The Morgan fingerprint density at radius 1 is 0.795 bits per heavy atom. The molecule has 0 spiro atoms. The average Bonchev–Trinajstić information content (AvgIpc) is 3.31. The number of carbonyl (C=O) groups excluding carboxylic acids is 2. The molecule has 2 amide bonds. The highest BCUT2D eigenvalue weighted by molar-refractivity contribution is 7.80. The fourth-order valence-electron chi connectivity index (χ4n) is 5.46. The van der Waals surface area contributed by atoms with Crippen LogP contribution in [0.4, 0.5) is 11.4 Å². The van der Waals surface area contributed by atoms with Crippen LogP contribution >= 0.6 is 12.2 Å². The van der Waals surface area contributed by atoms with Crippen LogP contribution in [0.15, 0.2) is 103 Å². The molecule has 1 saturated heterocycles. The van der Waals surface area contributed by atoms with E-state index in [0.717, 1.165) is 22.4 Å². The molecule has 0 radical (unpaired) electrons. The predicted molar refractivity (Wildman–Crippen MR) is 157 cm³/mol. The third kappa shape index (κ3) is 4.82. The highest BCUT2D eigenvalue weighted by Gasteiger charge is 2.39. The number of thiocarbonyl (C=S) groups is 1. The van der Waals surface area contributed by atoms with Crippen molar-refractivity contribution in [1.82, 2.24) is 4.90 Å². The highest BCUT2D eigenvalue weighted by Crippen LogP contribution is 2.33. The molecule has 6 rings (SSSR count). The van der Waals surface area contributed by atoms with Gasteiger partial charge in [-0.3, -0.25) is 9.59 Å². The summed E-state index contributed by atoms with van der Waals surface area (Å²) in [6.45, 7) is 0.906. The second kappa shape index (κ2) is 10.4. The summed E-state index contributed by atoms with van der Waals surface area (Å²) < 4.78 is 0. The molecular weight excluding hydrogens is 506 g/mol. The van der Waals surface area contributed by atoms with E-state index in [1.165, 1.54) is 0 Å². The summed E-state index contributed by atoms with van der Waals surface area (Å²) in [5.74, 6) is -0.371. The fourth-order valence-corrected chi connectivity index (χ4v) is 5.86. The lowest BCUT2D eigenvalue weighted by molar-refractivity contribution is 0.0981. The summed E-state index contributed by atoms with van der Waals surface area (Å²) in [5, 5.41) is 13.3. The molecular formula is C32H27N3O3S. The Morgan fingerprint density at radius 3 is 2.23 bits per heavy atom. The number of anilines is 2. The molecule has 0 saturated carbocycles. The molecule has 6 nitrogen and oxygen atoms in total. The van der Waals surface area contributed by atoms with Crippen LogP contribution in [-0.2, 0) is 0 Å². The van der Waals surface area contributed by atoms with E-state index in [2.05, 4.69) is 5.32 Å². The highest BCUT2D eigenvalue weighted by atomic mass is 32.1. The Hall–Kier alpha value is -4.33. The Morgan fingerprint density at radius 2 is 1.46 bits per heavy atom. The van der Waals surface area contributed by atoms with Gasteiger partial charge in [0.25, 0.3) is 11.8 Å². The molecule has 4 aromatic carbocycles. The molecule has 2 N–H and O–H groups in total. The molecule has 0 unspecified atom stereocenters. The molecule has 2 heterocycles. The molecule has 2 aliphatic rings. The van der Waals surface area contributed by atoms with E-state index in [1.807, 2.05) is 77.7 Å². The second-order valence-electron chi connectivity index (χ2n) is 9.88. The summed E-state index contributed by atoms with van der Waals surface area (Å²) >= 11 is 5.77. The van der Waals surface area contributed by atoms with Gasteiger partial charge in [0.05, 0.1) is 17.8 Å². The monoisotopic (exact) mass is 533 g/mol. The van der Waals surface area contributed by atoms with Gasteiger partial charge in [0, 0.05) is 35.5 Å². The lowest BCUT2D eigenvalue weighted by Crippen LogP contribution is -2.41. The summed E-state index contributed by atoms with van der Waals surface area (Å²) in [6, 6.07) is 31.9. The van der Waals surface area contributed by atoms with Gasteiger partial charge in [-0.05, 0) is 60.0 Å². The lowest BCUT2D eigenvalue weighted by atomic mass is 9.99. The van der Waals surface area contributed by atoms with Crippen LogP contribution in [0.25, 0.3) is 11.1 Å². The number of rotatable bonds is 4. The number of carbonyl (C=O) groups is 2. The quantitative estimate of drug-likeness (QED) is 0.345. The maximum Gasteiger partial charge on any atom is 0.258 e. The number of benzene rings is 4. The summed E-state index contributed by atoms with van der Waals surface area (Å²) in [4.78, 5) is 31.4. The first-order valence-electron chi connectivity index (χ1n) is 13.0. The minimum atomic E-state index is -0.468. The normalized spacial score (nSPS) is 18.2. The first-order chi connectivity index (χ1) is 19.0. The predicted octanol–water partition coefficient (Wildman–Crippen LogP) is 5.38. The third-order valence-corrected chi connectivity index (χ3v) is 7.82. The van der Waals surface area contributed by atoms with Gasteiger partial charge < -0.3 is 20.2 Å². The molecule has 0 bridgehead atoms. The third-order valence-electron chi connectivity index (χ3n) is 7.36. The van der Waals surface area contributed by atoms with Gasteiger partial charge >= 0.3 is 0 Å². The Kier molecular flexibility index (Phi) is 6.69. The van der Waals surface area contributed by atoms with Gasteiger partial charge in [-0.15, -0.1) is 0 Å². The van der Waals surface area contributed by atoms with Crippen molar-refractivity contribution < 1.29 is 14.7 Å². The van der Waals surface area contributed by atoms with Crippen LogP contribution in [0, 0.1) is 0 Å². The van der Waals surface area contributed by atoms with Crippen molar-refractivity contribution in [3.8, 4) is 11.1 Å². The molecule has 7 heteroatoms. The van der Waals surface area contributed by atoms with Crippen LogP contribution in [0.2, 0.25) is 0 Å². The number of fused-ring (bicyclic) bond motifs is 2. The Bertz CT molecular complexity index is 1550. The number of para-hydroxylation sites is 1. The van der Waals surface area contributed by atoms with E-state index in [0.29, 0.717) is 41.3 Å². The topological polar surface area (TPSA) is 72.9 Å². The van der Waals surface area contributed by atoms with Crippen molar-refractivity contribution >= 4 is 40.4 Å². The molecule has 4 aromatic rings. The fraction of sp³-hybridized carbons (Fsp3) is 0.156. The zero-order chi connectivity index (χ0) is 26.9. The largest absolute Gasteiger partial charge is 0.391 e. The van der Waals surface area contributed by atoms with Crippen molar-refractivity contribution in [2.75, 3.05) is 23.3 Å². The number of amides is 2. The minimum absolute atomic E-state index is 0.0490. The molecule has 2 atom stereocenters. The van der Waals surface area contributed by atoms with Crippen LogP contribution in [-0.4, -0.2) is 52.0 Å². The molecule has 0 aliphatic carbocycles. The van der Waals surface area contributed by atoms with Gasteiger partial charge in [0.1, 0.15) is 4.99 Å². The maximum absolute atomic E-state index is 13.8. The zero-order valence-electron chi connectivity index (χ0n) is 21.2. The van der Waals surface area contributed by atoms with E-state index in [1.54, 1.807) is 35.2 Å². The van der Waals surface area contributed by atoms with Crippen molar-refractivity contribution in [3.63, 3.8) is 0 Å². The SMILES string of the molecule is O=C(Nc1ccc(C(=O)N2C[C@@H]3C[C@@H](O)CN3C(=S)c3ccccc32)cc1)c1ccccc1-c1ccccc1. The summed E-state index contributed by atoms with van der Waals surface area (Å²) in [7, 11) is 0. The van der Waals surface area contributed by atoms with Gasteiger partial charge in [-0.2, -0.15) is 0 Å².